The van der Waals surface area contributed by atoms with E-state index < -0.39 is 60.8 Å². The molecule has 4 amide bonds. The summed E-state index contributed by atoms with van der Waals surface area (Å²) in [4.78, 5) is 59.3. The SMILES string of the molecule is NCC(=O)NC(CO)C(=O)N1CCCC1C(=O)NC(CC(N)=O)C(=O)O. The van der Waals surface area contributed by atoms with Crippen molar-refractivity contribution in [3.63, 3.8) is 0 Å². The van der Waals surface area contributed by atoms with E-state index in [9.17, 15) is 29.1 Å². The Kier molecular flexibility index (Phi) is 7.93. The molecule has 1 aliphatic rings. The van der Waals surface area contributed by atoms with Crippen LogP contribution in [0, 0.1) is 0 Å². The molecule has 0 saturated carbocycles. The van der Waals surface area contributed by atoms with Gasteiger partial charge in [0.2, 0.25) is 23.6 Å². The minimum atomic E-state index is -1.51. The van der Waals surface area contributed by atoms with Crippen molar-refractivity contribution in [1.82, 2.24) is 15.5 Å². The maximum absolute atomic E-state index is 12.5. The van der Waals surface area contributed by atoms with E-state index in [1.54, 1.807) is 0 Å². The number of carboxylic acid groups (broad SMARTS) is 1. The summed E-state index contributed by atoms with van der Waals surface area (Å²) < 4.78 is 0. The minimum absolute atomic E-state index is 0.194. The van der Waals surface area contributed by atoms with Crippen LogP contribution in [-0.2, 0) is 24.0 Å². The predicted molar refractivity (Wildman–Crippen MR) is 86.2 cm³/mol. The van der Waals surface area contributed by atoms with E-state index in [0.29, 0.717) is 6.42 Å². The molecule has 1 heterocycles. The molecule has 1 fully saturated rings. The molecule has 0 aromatic carbocycles. The highest BCUT2D eigenvalue weighted by Gasteiger charge is 2.38. The maximum Gasteiger partial charge on any atom is 0.326 e. The number of aliphatic hydroxyl groups excluding tert-OH is 1. The van der Waals surface area contributed by atoms with Gasteiger partial charge >= 0.3 is 5.97 Å². The average molecular weight is 373 g/mol. The van der Waals surface area contributed by atoms with Gasteiger partial charge in [0.25, 0.3) is 0 Å². The first-order valence-corrected chi connectivity index (χ1v) is 7.93. The number of nitrogens with one attached hydrogen (secondary N) is 2. The number of likely N-dealkylation sites (tertiary alicyclic amines) is 1. The molecule has 146 valence electrons. The number of carbonyl (C=O) groups is 5. The van der Waals surface area contributed by atoms with Gasteiger partial charge in [0.15, 0.2) is 0 Å². The summed E-state index contributed by atoms with van der Waals surface area (Å²) in [5, 5.41) is 22.8. The highest BCUT2D eigenvalue weighted by molar-refractivity contribution is 5.94. The Morgan fingerprint density at radius 3 is 2.31 bits per heavy atom. The lowest BCUT2D eigenvalue weighted by molar-refractivity contribution is -0.146. The summed E-state index contributed by atoms with van der Waals surface area (Å²) in [5.74, 6) is -4.43. The third-order valence-electron chi connectivity index (χ3n) is 3.86. The number of aliphatic hydroxyl groups is 1. The lowest BCUT2D eigenvalue weighted by Crippen LogP contribution is -2.57. The largest absolute Gasteiger partial charge is 0.480 e. The zero-order valence-corrected chi connectivity index (χ0v) is 14.0. The summed E-state index contributed by atoms with van der Waals surface area (Å²) in [6.45, 7) is -0.866. The Bertz CT molecular complexity index is 582. The standard InChI is InChI=1S/C14H23N5O7/c15-5-11(22)17-8(6-20)13(24)19-3-1-2-9(19)12(23)18-7(14(25)26)4-10(16)21/h7-9,20H,1-6,15H2,(H2,16,21)(H,17,22)(H,18,23)(H,25,26). The van der Waals surface area contributed by atoms with Crippen molar-refractivity contribution < 1.29 is 34.2 Å². The number of amides is 4. The number of rotatable bonds is 9. The summed E-state index contributed by atoms with van der Waals surface area (Å²) in [6, 6.07) is -3.76. The van der Waals surface area contributed by atoms with Crippen LogP contribution in [0.4, 0.5) is 0 Å². The van der Waals surface area contributed by atoms with Gasteiger partial charge in [0, 0.05) is 6.54 Å². The predicted octanol–water partition coefficient (Wildman–Crippen LogP) is -4.14. The van der Waals surface area contributed by atoms with Crippen LogP contribution in [0.1, 0.15) is 19.3 Å². The van der Waals surface area contributed by atoms with Crippen LogP contribution in [0.15, 0.2) is 0 Å². The molecule has 0 aromatic rings. The fourth-order valence-corrected chi connectivity index (χ4v) is 2.61. The van der Waals surface area contributed by atoms with Crippen molar-refractivity contribution in [2.24, 2.45) is 11.5 Å². The van der Waals surface area contributed by atoms with E-state index in [1.807, 2.05) is 0 Å². The normalized spacial score (nSPS) is 18.7. The number of carbonyl (C=O) groups excluding carboxylic acids is 4. The number of hydrogen-bond acceptors (Lipinski definition) is 7. The van der Waals surface area contributed by atoms with Crippen molar-refractivity contribution >= 4 is 29.6 Å². The quantitative estimate of drug-likeness (QED) is 0.233. The lowest BCUT2D eigenvalue weighted by Gasteiger charge is -2.28. The first-order chi connectivity index (χ1) is 12.2. The molecule has 0 spiro atoms. The van der Waals surface area contributed by atoms with Crippen LogP contribution >= 0.6 is 0 Å². The van der Waals surface area contributed by atoms with E-state index in [0.717, 1.165) is 4.90 Å². The first kappa shape index (κ1) is 21.3. The van der Waals surface area contributed by atoms with Crippen LogP contribution in [-0.4, -0.2) is 82.5 Å². The molecule has 3 atom stereocenters. The van der Waals surface area contributed by atoms with Gasteiger partial charge < -0.3 is 37.2 Å². The average Bonchev–Trinajstić information content (AvgIpc) is 3.07. The molecule has 1 rings (SSSR count). The minimum Gasteiger partial charge on any atom is -0.480 e. The van der Waals surface area contributed by atoms with Gasteiger partial charge in [-0.1, -0.05) is 0 Å². The van der Waals surface area contributed by atoms with Crippen molar-refractivity contribution in [2.75, 3.05) is 19.7 Å². The Hall–Kier alpha value is -2.73. The van der Waals surface area contributed by atoms with E-state index in [1.165, 1.54) is 0 Å². The number of aliphatic carboxylic acids is 1. The molecule has 3 unspecified atom stereocenters. The van der Waals surface area contributed by atoms with E-state index in [-0.39, 0.29) is 19.5 Å². The van der Waals surface area contributed by atoms with Crippen molar-refractivity contribution in [1.29, 1.82) is 0 Å². The zero-order valence-electron chi connectivity index (χ0n) is 14.0. The second-order valence-electron chi connectivity index (χ2n) is 5.77. The number of nitrogens with two attached hydrogens (primary N) is 2. The fraction of sp³-hybridized carbons (Fsp3) is 0.643. The fourth-order valence-electron chi connectivity index (χ4n) is 2.61. The molecule has 12 heteroatoms. The van der Waals surface area contributed by atoms with E-state index in [4.69, 9.17) is 16.6 Å². The molecule has 0 aliphatic carbocycles. The van der Waals surface area contributed by atoms with Crippen LogP contribution in [0.2, 0.25) is 0 Å². The Morgan fingerprint density at radius 2 is 1.81 bits per heavy atom. The van der Waals surface area contributed by atoms with Gasteiger partial charge in [-0.15, -0.1) is 0 Å². The van der Waals surface area contributed by atoms with Crippen molar-refractivity contribution in [3.05, 3.63) is 0 Å². The molecule has 26 heavy (non-hydrogen) atoms. The summed E-state index contributed by atoms with van der Waals surface area (Å²) in [5.41, 5.74) is 10.1. The van der Waals surface area contributed by atoms with Gasteiger partial charge in [0.05, 0.1) is 19.6 Å². The smallest absolute Gasteiger partial charge is 0.326 e. The Balaban J connectivity index is 2.83. The monoisotopic (exact) mass is 373 g/mol. The number of nitrogens with zero attached hydrogens (tertiary/aromatic N) is 1. The van der Waals surface area contributed by atoms with E-state index >= 15 is 0 Å². The Labute approximate surface area is 148 Å². The Morgan fingerprint density at radius 1 is 1.15 bits per heavy atom. The summed E-state index contributed by atoms with van der Waals surface area (Å²) in [6.07, 6.45) is 0.150. The molecule has 0 radical (unpaired) electrons. The van der Waals surface area contributed by atoms with Crippen LogP contribution in [0.25, 0.3) is 0 Å². The third kappa shape index (κ3) is 5.67. The topological polar surface area (TPSA) is 205 Å². The molecular weight excluding hydrogens is 350 g/mol. The number of carboxylic acids is 1. The van der Waals surface area contributed by atoms with Crippen molar-refractivity contribution in [2.45, 2.75) is 37.4 Å². The van der Waals surface area contributed by atoms with Crippen molar-refractivity contribution in [3.8, 4) is 0 Å². The molecule has 1 saturated heterocycles. The molecule has 1 aliphatic heterocycles. The number of hydrogen-bond donors (Lipinski definition) is 6. The van der Waals surface area contributed by atoms with Gasteiger partial charge in [-0.2, -0.15) is 0 Å². The molecular formula is C14H23N5O7. The molecule has 0 aromatic heterocycles. The highest BCUT2D eigenvalue weighted by atomic mass is 16.4. The lowest BCUT2D eigenvalue weighted by atomic mass is 10.1. The number of primary amides is 1. The van der Waals surface area contributed by atoms with Gasteiger partial charge in [-0.3, -0.25) is 19.2 Å². The first-order valence-electron chi connectivity index (χ1n) is 7.93. The second-order valence-corrected chi connectivity index (χ2v) is 5.77. The second kappa shape index (κ2) is 9.68. The zero-order chi connectivity index (χ0) is 19.9. The van der Waals surface area contributed by atoms with Gasteiger partial charge in [0.1, 0.15) is 18.1 Å². The van der Waals surface area contributed by atoms with Crippen LogP contribution < -0.4 is 22.1 Å². The summed E-state index contributed by atoms with van der Waals surface area (Å²) in [7, 11) is 0. The van der Waals surface area contributed by atoms with Crippen LogP contribution in [0.3, 0.4) is 0 Å². The molecule has 0 bridgehead atoms. The maximum atomic E-state index is 12.5. The van der Waals surface area contributed by atoms with E-state index in [2.05, 4.69) is 10.6 Å². The molecule has 12 nitrogen and oxygen atoms in total. The third-order valence-corrected chi connectivity index (χ3v) is 3.86. The summed E-state index contributed by atoms with van der Waals surface area (Å²) >= 11 is 0. The van der Waals surface area contributed by atoms with Crippen LogP contribution in [0.5, 0.6) is 0 Å². The van der Waals surface area contributed by atoms with Gasteiger partial charge in [-0.25, -0.2) is 4.79 Å². The molecule has 8 N–H and O–H groups in total. The van der Waals surface area contributed by atoms with Gasteiger partial charge in [-0.05, 0) is 12.8 Å². The highest BCUT2D eigenvalue weighted by Crippen LogP contribution is 2.19.